The molecule has 2 atom stereocenters. The second-order valence-corrected chi connectivity index (χ2v) is 6.10. The molecule has 0 saturated carbocycles. The Morgan fingerprint density at radius 1 is 0.952 bits per heavy atom. The van der Waals surface area contributed by atoms with Crippen molar-refractivity contribution in [3.8, 4) is 17.0 Å². The second kappa shape index (κ2) is 5.49. The molecule has 2 saturated heterocycles. The Labute approximate surface area is 125 Å². The zero-order chi connectivity index (χ0) is 14.1. The van der Waals surface area contributed by atoms with E-state index < -0.39 is 0 Å². The summed E-state index contributed by atoms with van der Waals surface area (Å²) in [5.74, 6) is 0.752. The fraction of sp³-hybridized carbons (Fsp3) is 0.389. The van der Waals surface area contributed by atoms with E-state index in [1.54, 1.807) is 0 Å². The van der Waals surface area contributed by atoms with Crippen LogP contribution in [0.5, 0.6) is 5.88 Å². The van der Waals surface area contributed by atoms with Gasteiger partial charge in [-0.3, -0.25) is 0 Å². The third kappa shape index (κ3) is 2.79. The first-order chi connectivity index (χ1) is 10.4. The molecule has 1 aromatic heterocycles. The van der Waals surface area contributed by atoms with Crippen LogP contribution in [0.25, 0.3) is 11.1 Å². The van der Waals surface area contributed by atoms with Crippen LogP contribution in [0.4, 0.5) is 0 Å². The molecule has 0 spiro atoms. The number of pyridine rings is 1. The summed E-state index contributed by atoms with van der Waals surface area (Å²) < 4.78 is 6.15. The number of piperidine rings is 1. The summed E-state index contributed by atoms with van der Waals surface area (Å²) in [6.45, 7) is 0. The zero-order valence-electron chi connectivity index (χ0n) is 12.0. The highest BCUT2D eigenvalue weighted by atomic mass is 16.5. The van der Waals surface area contributed by atoms with Gasteiger partial charge in [0.1, 0.15) is 6.10 Å². The van der Waals surface area contributed by atoms with Gasteiger partial charge in [0.05, 0.1) is 0 Å². The minimum Gasteiger partial charge on any atom is -0.474 e. The van der Waals surface area contributed by atoms with Crippen LogP contribution in [0.15, 0.2) is 48.7 Å². The quantitative estimate of drug-likeness (QED) is 0.935. The van der Waals surface area contributed by atoms with E-state index in [2.05, 4.69) is 40.6 Å². The standard InChI is InChI=1S/C18H20N2O/c1-2-4-13(5-3-1)14-8-9-19-18(10-14)21-17-11-15-6-7-16(12-17)20-15/h1-5,8-10,15-17,20H,6-7,11-12H2. The van der Waals surface area contributed by atoms with Gasteiger partial charge in [-0.1, -0.05) is 30.3 Å². The maximum atomic E-state index is 6.15. The number of hydrogen-bond donors (Lipinski definition) is 1. The molecule has 2 aromatic rings. The van der Waals surface area contributed by atoms with Gasteiger partial charge in [-0.2, -0.15) is 0 Å². The van der Waals surface area contributed by atoms with E-state index >= 15 is 0 Å². The van der Waals surface area contributed by atoms with Crippen LogP contribution in [-0.2, 0) is 0 Å². The van der Waals surface area contributed by atoms with Gasteiger partial charge in [-0.25, -0.2) is 4.98 Å². The van der Waals surface area contributed by atoms with Crippen molar-refractivity contribution in [2.24, 2.45) is 0 Å². The minimum atomic E-state index is 0.308. The van der Waals surface area contributed by atoms with Crippen LogP contribution in [-0.4, -0.2) is 23.2 Å². The van der Waals surface area contributed by atoms with Crippen LogP contribution in [0, 0.1) is 0 Å². The Kier molecular flexibility index (Phi) is 3.36. The molecule has 4 rings (SSSR count). The highest BCUT2D eigenvalue weighted by Gasteiger charge is 2.34. The molecule has 21 heavy (non-hydrogen) atoms. The zero-order valence-corrected chi connectivity index (χ0v) is 12.0. The minimum absolute atomic E-state index is 0.308. The fourth-order valence-corrected chi connectivity index (χ4v) is 3.56. The summed E-state index contributed by atoms with van der Waals surface area (Å²) in [7, 11) is 0. The van der Waals surface area contributed by atoms with Crippen molar-refractivity contribution in [1.82, 2.24) is 10.3 Å². The lowest BCUT2D eigenvalue weighted by molar-refractivity contribution is 0.132. The number of hydrogen-bond acceptors (Lipinski definition) is 3. The average Bonchev–Trinajstić information content (AvgIpc) is 2.87. The Bertz CT molecular complexity index is 602. The molecule has 108 valence electrons. The predicted molar refractivity (Wildman–Crippen MR) is 83.3 cm³/mol. The van der Waals surface area contributed by atoms with Crippen LogP contribution in [0.3, 0.4) is 0 Å². The molecular weight excluding hydrogens is 260 g/mol. The maximum absolute atomic E-state index is 6.15. The van der Waals surface area contributed by atoms with Crippen LogP contribution in [0.2, 0.25) is 0 Å². The lowest BCUT2D eigenvalue weighted by atomic mass is 10.0. The van der Waals surface area contributed by atoms with E-state index in [-0.39, 0.29) is 0 Å². The van der Waals surface area contributed by atoms with Gasteiger partial charge in [0.25, 0.3) is 0 Å². The first kappa shape index (κ1) is 12.8. The van der Waals surface area contributed by atoms with Crippen LogP contribution >= 0.6 is 0 Å². The summed E-state index contributed by atoms with van der Waals surface area (Å²) >= 11 is 0. The molecule has 2 bridgehead atoms. The highest BCUT2D eigenvalue weighted by Crippen LogP contribution is 2.30. The van der Waals surface area contributed by atoms with E-state index in [9.17, 15) is 0 Å². The number of benzene rings is 1. The van der Waals surface area contributed by atoms with E-state index in [1.165, 1.54) is 18.4 Å². The molecule has 2 aliphatic rings. The predicted octanol–water partition coefficient (Wildman–Crippen LogP) is 3.41. The van der Waals surface area contributed by atoms with Gasteiger partial charge >= 0.3 is 0 Å². The Balaban J connectivity index is 1.51. The smallest absolute Gasteiger partial charge is 0.214 e. The van der Waals surface area contributed by atoms with Crippen molar-refractivity contribution < 1.29 is 4.74 Å². The van der Waals surface area contributed by atoms with Crippen molar-refractivity contribution in [1.29, 1.82) is 0 Å². The third-order valence-corrected chi connectivity index (χ3v) is 4.56. The van der Waals surface area contributed by atoms with Crippen LogP contribution < -0.4 is 10.1 Å². The monoisotopic (exact) mass is 280 g/mol. The first-order valence-corrected chi connectivity index (χ1v) is 7.81. The summed E-state index contributed by atoms with van der Waals surface area (Å²) in [6, 6.07) is 15.8. The molecular formula is C18H20N2O. The number of aromatic nitrogens is 1. The molecule has 3 heterocycles. The Hall–Kier alpha value is -1.87. The van der Waals surface area contributed by atoms with Gasteiger partial charge in [0.2, 0.25) is 5.88 Å². The van der Waals surface area contributed by atoms with E-state index in [0.29, 0.717) is 18.2 Å². The van der Waals surface area contributed by atoms with E-state index in [1.807, 2.05) is 18.3 Å². The number of nitrogens with one attached hydrogen (secondary N) is 1. The SMILES string of the molecule is c1ccc(-c2ccnc(OC3CC4CCC(C3)N4)c2)cc1. The van der Waals surface area contributed by atoms with Crippen molar-refractivity contribution in [3.63, 3.8) is 0 Å². The van der Waals surface area contributed by atoms with Crippen molar-refractivity contribution in [3.05, 3.63) is 48.7 Å². The number of rotatable bonds is 3. The van der Waals surface area contributed by atoms with Crippen LogP contribution in [0.1, 0.15) is 25.7 Å². The number of nitrogens with zero attached hydrogens (tertiary/aromatic N) is 1. The summed E-state index contributed by atoms with van der Waals surface area (Å²) in [4.78, 5) is 4.39. The molecule has 3 heteroatoms. The topological polar surface area (TPSA) is 34.1 Å². The summed E-state index contributed by atoms with van der Waals surface area (Å²) in [6.07, 6.45) is 6.95. The highest BCUT2D eigenvalue weighted by molar-refractivity contribution is 5.63. The maximum Gasteiger partial charge on any atom is 0.214 e. The molecule has 0 radical (unpaired) electrons. The van der Waals surface area contributed by atoms with Crippen molar-refractivity contribution in [2.75, 3.05) is 0 Å². The molecule has 1 aromatic carbocycles. The largest absolute Gasteiger partial charge is 0.474 e. The fourth-order valence-electron chi connectivity index (χ4n) is 3.56. The van der Waals surface area contributed by atoms with E-state index in [4.69, 9.17) is 4.74 Å². The molecule has 0 amide bonds. The first-order valence-electron chi connectivity index (χ1n) is 7.81. The lowest BCUT2D eigenvalue weighted by Crippen LogP contribution is -2.42. The van der Waals surface area contributed by atoms with E-state index in [0.717, 1.165) is 24.3 Å². The molecule has 2 aliphatic heterocycles. The van der Waals surface area contributed by atoms with Gasteiger partial charge in [-0.15, -0.1) is 0 Å². The molecule has 2 unspecified atom stereocenters. The van der Waals surface area contributed by atoms with Gasteiger partial charge in [0.15, 0.2) is 0 Å². The Morgan fingerprint density at radius 3 is 2.48 bits per heavy atom. The van der Waals surface area contributed by atoms with Gasteiger partial charge in [0, 0.05) is 24.3 Å². The summed E-state index contributed by atoms with van der Waals surface area (Å²) in [5.41, 5.74) is 2.37. The summed E-state index contributed by atoms with van der Waals surface area (Å²) in [5, 5.41) is 3.64. The average molecular weight is 280 g/mol. The normalized spacial score (nSPS) is 27.5. The number of ether oxygens (including phenoxy) is 1. The molecule has 2 fully saturated rings. The molecule has 3 nitrogen and oxygen atoms in total. The molecule has 1 N–H and O–H groups in total. The molecule has 0 aliphatic carbocycles. The van der Waals surface area contributed by atoms with Crippen molar-refractivity contribution in [2.45, 2.75) is 43.9 Å². The number of fused-ring (bicyclic) bond motifs is 2. The lowest BCUT2D eigenvalue weighted by Gasteiger charge is -2.29. The second-order valence-electron chi connectivity index (χ2n) is 6.10. The Morgan fingerprint density at radius 2 is 1.71 bits per heavy atom. The third-order valence-electron chi connectivity index (χ3n) is 4.56. The van der Waals surface area contributed by atoms with Gasteiger partial charge in [-0.05, 0) is 42.9 Å². The van der Waals surface area contributed by atoms with Gasteiger partial charge < -0.3 is 10.1 Å². The van der Waals surface area contributed by atoms with Crippen molar-refractivity contribution >= 4 is 0 Å².